The highest BCUT2D eigenvalue weighted by Crippen LogP contribution is 2.35. The predicted octanol–water partition coefficient (Wildman–Crippen LogP) is 4.60. The molecule has 1 N–H and O–H groups in total. The largest absolute Gasteiger partial charge is 0.493 e. The molecule has 4 nitrogen and oxygen atoms in total. The second-order valence-corrected chi connectivity index (χ2v) is 6.36. The number of hydrogen-bond donors (Lipinski definition) is 1. The zero-order chi connectivity index (χ0) is 18.1. The van der Waals surface area contributed by atoms with Crippen molar-refractivity contribution in [2.24, 2.45) is 0 Å². The molecule has 0 heterocycles. The van der Waals surface area contributed by atoms with Crippen LogP contribution in [0.2, 0.25) is 0 Å². The van der Waals surface area contributed by atoms with Gasteiger partial charge in [-0.05, 0) is 60.5 Å². The molecule has 1 aliphatic rings. The Hall–Kier alpha value is -3.01. The number of carbonyl (C=O) groups excluding carboxylic acids is 1. The van der Waals surface area contributed by atoms with Crippen LogP contribution in [0.4, 0.5) is 5.69 Å². The third-order valence-corrected chi connectivity index (χ3v) is 4.85. The lowest BCUT2D eigenvalue weighted by Crippen LogP contribution is -2.12. The summed E-state index contributed by atoms with van der Waals surface area (Å²) in [4.78, 5) is 12.8. The zero-order valence-electron chi connectivity index (χ0n) is 15.0. The number of aryl methyl sites for hydroxylation is 2. The van der Waals surface area contributed by atoms with Gasteiger partial charge in [-0.15, -0.1) is 0 Å². The summed E-state index contributed by atoms with van der Waals surface area (Å²) in [6.07, 6.45) is 2.14. The zero-order valence-corrected chi connectivity index (χ0v) is 15.0. The van der Waals surface area contributed by atoms with Gasteiger partial charge in [-0.3, -0.25) is 4.79 Å². The van der Waals surface area contributed by atoms with E-state index in [1.165, 1.54) is 16.5 Å². The molecule has 3 aromatic carbocycles. The molecule has 4 rings (SSSR count). The Morgan fingerprint density at radius 1 is 1.04 bits per heavy atom. The van der Waals surface area contributed by atoms with Crippen LogP contribution in [0.25, 0.3) is 10.8 Å². The monoisotopic (exact) mass is 347 g/mol. The summed E-state index contributed by atoms with van der Waals surface area (Å²) in [5.74, 6) is 1.03. The van der Waals surface area contributed by atoms with Crippen molar-refractivity contribution in [3.8, 4) is 11.5 Å². The molecule has 0 spiro atoms. The highest BCUT2D eigenvalue weighted by molar-refractivity contribution is 6.10. The number of ether oxygens (including phenoxy) is 2. The third kappa shape index (κ3) is 2.77. The van der Waals surface area contributed by atoms with E-state index in [0.29, 0.717) is 23.7 Å². The molecule has 0 unspecified atom stereocenters. The maximum atomic E-state index is 12.8. The lowest BCUT2D eigenvalue weighted by molar-refractivity contribution is 0.102. The Balaban J connectivity index is 1.67. The average Bonchev–Trinajstić information content (AvgIpc) is 3.09. The van der Waals surface area contributed by atoms with Crippen LogP contribution in [0.1, 0.15) is 28.4 Å². The Bertz CT molecular complexity index is 984. The van der Waals surface area contributed by atoms with Gasteiger partial charge < -0.3 is 14.8 Å². The molecule has 0 atom stereocenters. The topological polar surface area (TPSA) is 47.6 Å². The Labute approximate surface area is 152 Å². The Kier molecular flexibility index (Phi) is 4.25. The molecule has 0 fully saturated rings. The van der Waals surface area contributed by atoms with Crippen LogP contribution in [0, 0.1) is 0 Å². The minimum Gasteiger partial charge on any atom is -0.493 e. The molecule has 3 aromatic rings. The maximum Gasteiger partial charge on any atom is 0.255 e. The van der Waals surface area contributed by atoms with Gasteiger partial charge in [0.05, 0.1) is 13.7 Å². The highest BCUT2D eigenvalue weighted by atomic mass is 16.5. The van der Waals surface area contributed by atoms with Gasteiger partial charge >= 0.3 is 0 Å². The fraction of sp³-hybridized carbons (Fsp3) is 0.227. The van der Waals surface area contributed by atoms with E-state index < -0.39 is 0 Å². The van der Waals surface area contributed by atoms with Crippen molar-refractivity contribution >= 4 is 22.4 Å². The number of carbonyl (C=O) groups is 1. The van der Waals surface area contributed by atoms with Crippen LogP contribution in [-0.2, 0) is 12.8 Å². The third-order valence-electron chi connectivity index (χ3n) is 4.85. The number of benzene rings is 3. The lowest BCUT2D eigenvalue weighted by Gasteiger charge is -2.13. The first-order valence-electron chi connectivity index (χ1n) is 8.87. The SMILES string of the molecule is CCOc1cc(C(=O)Nc2ccc3c4c(cccc24)CC3)ccc1OC. The molecule has 0 saturated carbocycles. The quantitative estimate of drug-likeness (QED) is 0.734. The number of methoxy groups -OCH3 is 1. The van der Waals surface area contributed by atoms with E-state index in [4.69, 9.17) is 9.47 Å². The van der Waals surface area contributed by atoms with Crippen molar-refractivity contribution in [1.29, 1.82) is 0 Å². The van der Waals surface area contributed by atoms with Gasteiger partial charge in [0, 0.05) is 16.6 Å². The average molecular weight is 347 g/mol. The molecule has 0 bridgehead atoms. The van der Waals surface area contributed by atoms with Crippen molar-refractivity contribution in [3.05, 3.63) is 65.2 Å². The summed E-state index contributed by atoms with van der Waals surface area (Å²) in [7, 11) is 1.59. The smallest absolute Gasteiger partial charge is 0.255 e. The fourth-order valence-electron chi connectivity index (χ4n) is 3.64. The number of amides is 1. The normalized spacial score (nSPS) is 12.2. The molecular weight excluding hydrogens is 326 g/mol. The number of nitrogens with one attached hydrogen (secondary N) is 1. The van der Waals surface area contributed by atoms with E-state index in [1.54, 1.807) is 25.3 Å². The summed E-state index contributed by atoms with van der Waals surface area (Å²) < 4.78 is 10.9. The molecule has 26 heavy (non-hydrogen) atoms. The molecule has 0 saturated heterocycles. The first kappa shape index (κ1) is 16.5. The maximum absolute atomic E-state index is 12.8. The van der Waals surface area contributed by atoms with Crippen LogP contribution < -0.4 is 14.8 Å². The molecule has 1 amide bonds. The van der Waals surface area contributed by atoms with Crippen molar-refractivity contribution in [1.82, 2.24) is 0 Å². The molecule has 0 aromatic heterocycles. The number of hydrogen-bond acceptors (Lipinski definition) is 3. The standard InChI is InChI=1S/C22H21NO3/c1-3-26-20-13-16(10-12-19(20)25-2)22(24)23-18-11-9-15-8-7-14-5-4-6-17(18)21(14)15/h4-6,9-13H,3,7-8H2,1-2H3,(H,23,24). The summed E-state index contributed by atoms with van der Waals surface area (Å²) in [5.41, 5.74) is 4.09. The van der Waals surface area contributed by atoms with E-state index >= 15 is 0 Å². The highest BCUT2D eigenvalue weighted by Gasteiger charge is 2.17. The molecule has 1 aliphatic carbocycles. The van der Waals surface area contributed by atoms with Crippen molar-refractivity contribution < 1.29 is 14.3 Å². The van der Waals surface area contributed by atoms with Crippen LogP contribution in [0.3, 0.4) is 0 Å². The minimum absolute atomic E-state index is 0.160. The molecular formula is C22H21NO3. The molecule has 132 valence electrons. The summed E-state index contributed by atoms with van der Waals surface area (Å²) >= 11 is 0. The van der Waals surface area contributed by atoms with Gasteiger partial charge in [-0.2, -0.15) is 0 Å². The predicted molar refractivity (Wildman–Crippen MR) is 103 cm³/mol. The second kappa shape index (κ2) is 6.71. The summed E-state index contributed by atoms with van der Waals surface area (Å²) in [6.45, 7) is 2.41. The Morgan fingerprint density at radius 2 is 1.85 bits per heavy atom. The van der Waals surface area contributed by atoms with Gasteiger partial charge in [-0.1, -0.05) is 24.3 Å². The van der Waals surface area contributed by atoms with Crippen LogP contribution in [-0.4, -0.2) is 19.6 Å². The second-order valence-electron chi connectivity index (χ2n) is 6.36. The van der Waals surface area contributed by atoms with Gasteiger partial charge in [0.15, 0.2) is 11.5 Å². The number of anilines is 1. The van der Waals surface area contributed by atoms with E-state index in [-0.39, 0.29) is 5.91 Å². The van der Waals surface area contributed by atoms with E-state index in [9.17, 15) is 4.79 Å². The summed E-state index contributed by atoms with van der Waals surface area (Å²) in [5, 5.41) is 5.44. The van der Waals surface area contributed by atoms with Crippen LogP contribution in [0.5, 0.6) is 11.5 Å². The van der Waals surface area contributed by atoms with E-state index in [2.05, 4.69) is 29.6 Å². The van der Waals surface area contributed by atoms with Gasteiger partial charge in [0.2, 0.25) is 0 Å². The van der Waals surface area contributed by atoms with Gasteiger partial charge in [0.1, 0.15) is 0 Å². The van der Waals surface area contributed by atoms with Crippen molar-refractivity contribution in [2.75, 3.05) is 19.0 Å². The lowest BCUT2D eigenvalue weighted by atomic mass is 10.0. The summed E-state index contributed by atoms with van der Waals surface area (Å²) in [6, 6.07) is 15.6. The first-order chi connectivity index (χ1) is 12.7. The minimum atomic E-state index is -0.160. The van der Waals surface area contributed by atoms with Gasteiger partial charge in [-0.25, -0.2) is 0 Å². The van der Waals surface area contributed by atoms with E-state index in [0.717, 1.165) is 23.9 Å². The van der Waals surface area contributed by atoms with Crippen molar-refractivity contribution in [2.45, 2.75) is 19.8 Å². The van der Waals surface area contributed by atoms with Crippen molar-refractivity contribution in [3.63, 3.8) is 0 Å². The fourth-order valence-corrected chi connectivity index (χ4v) is 3.64. The molecule has 0 radical (unpaired) electrons. The first-order valence-corrected chi connectivity index (χ1v) is 8.87. The van der Waals surface area contributed by atoms with Crippen LogP contribution >= 0.6 is 0 Å². The Morgan fingerprint density at radius 3 is 2.62 bits per heavy atom. The molecule has 0 aliphatic heterocycles. The molecule has 4 heteroatoms. The number of rotatable bonds is 5. The van der Waals surface area contributed by atoms with Crippen LogP contribution in [0.15, 0.2) is 48.5 Å². The van der Waals surface area contributed by atoms with Gasteiger partial charge in [0.25, 0.3) is 5.91 Å². The van der Waals surface area contributed by atoms with E-state index in [1.807, 2.05) is 13.0 Å².